The number of benzene rings is 2. The zero-order valence-electron chi connectivity index (χ0n) is 16.2. The van der Waals surface area contributed by atoms with Gasteiger partial charge in [-0.2, -0.15) is 4.98 Å². The van der Waals surface area contributed by atoms with Crippen molar-refractivity contribution in [3.63, 3.8) is 0 Å². The zero-order valence-corrected chi connectivity index (χ0v) is 17.0. The minimum atomic E-state index is -0.160. The molecule has 6 bridgehead atoms. The first-order chi connectivity index (χ1) is 14.6. The van der Waals surface area contributed by atoms with E-state index in [1.165, 1.54) is 5.56 Å². The Hall–Kier alpha value is -3.32. The number of aromatic nitrogens is 2. The monoisotopic (exact) mass is 420 g/mol. The Morgan fingerprint density at radius 2 is 1.93 bits per heavy atom. The number of amides is 2. The van der Waals surface area contributed by atoms with E-state index in [0.29, 0.717) is 22.8 Å². The average molecular weight is 421 g/mol. The lowest BCUT2D eigenvalue weighted by atomic mass is 10.0. The van der Waals surface area contributed by atoms with Crippen LogP contribution in [0, 0.1) is 0 Å². The van der Waals surface area contributed by atoms with Crippen LogP contribution in [0.5, 0.6) is 0 Å². The van der Waals surface area contributed by atoms with Gasteiger partial charge in [-0.25, -0.2) is 9.78 Å². The third kappa shape index (κ3) is 4.31. The molecule has 2 aliphatic rings. The summed E-state index contributed by atoms with van der Waals surface area (Å²) in [5, 5.41) is 12.9. The molecule has 1 aromatic heterocycles. The fraction of sp³-hybridized carbons (Fsp3) is 0.227. The second-order valence-corrected chi connectivity index (χ2v) is 7.99. The van der Waals surface area contributed by atoms with Gasteiger partial charge in [0.2, 0.25) is 5.95 Å². The summed E-state index contributed by atoms with van der Waals surface area (Å²) >= 11 is 6.31. The van der Waals surface area contributed by atoms with Crippen LogP contribution >= 0.6 is 11.6 Å². The SMILES string of the molecule is O=C(Nc1ccc2cc1CCc1cccc(c1)Nc1ncc(Cl)c(n1)N2)NC1CC1. The standard InChI is InChI=1S/C22H21ClN6O/c23-18-12-24-21-26-16-3-1-2-13(10-16)4-5-14-11-17(25-20(18)29-21)8-9-19(14)28-22(30)27-15-6-7-15/h1-3,8-12,15H,4-7H2,(H2,27,28,30)(H2,24,25,26,29). The number of fused-ring (bicyclic) bond motifs is 6. The lowest BCUT2D eigenvalue weighted by molar-refractivity contribution is 0.251. The van der Waals surface area contributed by atoms with E-state index in [-0.39, 0.29) is 6.03 Å². The highest BCUT2D eigenvalue weighted by Gasteiger charge is 2.23. The molecule has 152 valence electrons. The highest BCUT2D eigenvalue weighted by molar-refractivity contribution is 6.32. The van der Waals surface area contributed by atoms with Gasteiger partial charge in [0, 0.05) is 23.1 Å². The minimum absolute atomic E-state index is 0.160. The van der Waals surface area contributed by atoms with Crippen LogP contribution in [0.1, 0.15) is 24.0 Å². The van der Waals surface area contributed by atoms with Gasteiger partial charge in [0.1, 0.15) is 5.02 Å². The first-order valence-corrected chi connectivity index (χ1v) is 10.4. The third-order valence-corrected chi connectivity index (χ3v) is 5.42. The quantitative estimate of drug-likeness (QED) is 0.468. The summed E-state index contributed by atoms with van der Waals surface area (Å²) in [6, 6.07) is 14.1. The fourth-order valence-corrected chi connectivity index (χ4v) is 3.57. The molecular weight excluding hydrogens is 400 g/mol. The number of nitrogens with one attached hydrogen (secondary N) is 4. The summed E-state index contributed by atoms with van der Waals surface area (Å²) in [5.74, 6) is 0.983. The van der Waals surface area contributed by atoms with E-state index < -0.39 is 0 Å². The molecule has 7 nitrogen and oxygen atoms in total. The van der Waals surface area contributed by atoms with Crippen LogP contribution in [0.15, 0.2) is 48.7 Å². The molecule has 1 aliphatic carbocycles. The number of anilines is 5. The molecule has 2 amide bonds. The van der Waals surface area contributed by atoms with Gasteiger partial charge < -0.3 is 21.3 Å². The average Bonchev–Trinajstić information content (AvgIpc) is 3.54. The molecule has 1 fully saturated rings. The van der Waals surface area contributed by atoms with Gasteiger partial charge in [-0.05, 0) is 67.1 Å². The lowest BCUT2D eigenvalue weighted by Crippen LogP contribution is -2.30. The minimum Gasteiger partial charge on any atom is -0.339 e. The summed E-state index contributed by atoms with van der Waals surface area (Å²) in [7, 11) is 0. The molecule has 3 aromatic rings. The predicted molar refractivity (Wildman–Crippen MR) is 119 cm³/mol. The molecule has 1 aliphatic heterocycles. The van der Waals surface area contributed by atoms with Gasteiger partial charge in [-0.1, -0.05) is 23.7 Å². The number of aryl methyl sites for hydroxylation is 2. The molecule has 2 aromatic carbocycles. The first kappa shape index (κ1) is 18.7. The van der Waals surface area contributed by atoms with E-state index in [1.807, 2.05) is 30.3 Å². The topological polar surface area (TPSA) is 91.0 Å². The Kier molecular flexibility index (Phi) is 4.88. The van der Waals surface area contributed by atoms with E-state index in [4.69, 9.17) is 11.6 Å². The normalized spacial score (nSPS) is 14.8. The van der Waals surface area contributed by atoms with E-state index >= 15 is 0 Å². The Morgan fingerprint density at radius 1 is 1.07 bits per heavy atom. The van der Waals surface area contributed by atoms with Crippen LogP contribution in [-0.4, -0.2) is 22.0 Å². The molecule has 1 saturated carbocycles. The van der Waals surface area contributed by atoms with Crippen molar-refractivity contribution >= 4 is 46.5 Å². The van der Waals surface area contributed by atoms with Crippen molar-refractivity contribution in [1.29, 1.82) is 0 Å². The van der Waals surface area contributed by atoms with Crippen molar-refractivity contribution in [3.8, 4) is 0 Å². The Labute approximate surface area is 179 Å². The molecule has 0 radical (unpaired) electrons. The van der Waals surface area contributed by atoms with Crippen molar-refractivity contribution in [2.45, 2.75) is 31.7 Å². The van der Waals surface area contributed by atoms with Crippen LogP contribution in [0.25, 0.3) is 0 Å². The number of hydrogen-bond acceptors (Lipinski definition) is 5. The molecule has 0 atom stereocenters. The number of rotatable bonds is 2. The fourth-order valence-electron chi connectivity index (χ4n) is 3.44. The number of carbonyl (C=O) groups is 1. The number of halogens is 1. The number of hydrogen-bond donors (Lipinski definition) is 4. The Balaban J connectivity index is 1.51. The molecular formula is C22H21ClN6O. The van der Waals surface area contributed by atoms with Crippen LogP contribution in [-0.2, 0) is 12.8 Å². The molecule has 5 rings (SSSR count). The van der Waals surface area contributed by atoms with E-state index in [1.54, 1.807) is 6.20 Å². The number of urea groups is 1. The molecule has 0 unspecified atom stereocenters. The maximum absolute atomic E-state index is 12.3. The summed E-state index contributed by atoms with van der Waals surface area (Å²) < 4.78 is 0. The van der Waals surface area contributed by atoms with E-state index in [0.717, 1.165) is 48.3 Å². The van der Waals surface area contributed by atoms with Gasteiger partial charge in [-0.15, -0.1) is 0 Å². The number of carbonyl (C=O) groups excluding carboxylic acids is 1. The van der Waals surface area contributed by atoms with Crippen molar-refractivity contribution in [2.75, 3.05) is 16.0 Å². The van der Waals surface area contributed by atoms with Gasteiger partial charge in [0.05, 0.1) is 6.20 Å². The van der Waals surface area contributed by atoms with E-state index in [2.05, 4.69) is 43.4 Å². The van der Waals surface area contributed by atoms with Crippen molar-refractivity contribution in [3.05, 3.63) is 64.8 Å². The molecule has 2 heterocycles. The highest BCUT2D eigenvalue weighted by atomic mass is 35.5. The third-order valence-electron chi connectivity index (χ3n) is 5.14. The summed E-state index contributed by atoms with van der Waals surface area (Å²) in [6.07, 6.45) is 5.28. The van der Waals surface area contributed by atoms with Gasteiger partial charge in [-0.3, -0.25) is 0 Å². The lowest BCUT2D eigenvalue weighted by Gasteiger charge is -2.15. The second kappa shape index (κ2) is 7.84. The first-order valence-electron chi connectivity index (χ1n) is 9.98. The second-order valence-electron chi connectivity index (χ2n) is 7.59. The van der Waals surface area contributed by atoms with Gasteiger partial charge >= 0.3 is 6.03 Å². The molecule has 0 saturated heterocycles. The summed E-state index contributed by atoms with van der Waals surface area (Å²) in [4.78, 5) is 21.1. The van der Waals surface area contributed by atoms with Crippen molar-refractivity contribution < 1.29 is 4.79 Å². The molecule has 8 heteroatoms. The van der Waals surface area contributed by atoms with Crippen LogP contribution in [0.3, 0.4) is 0 Å². The van der Waals surface area contributed by atoms with Crippen LogP contribution < -0.4 is 21.3 Å². The molecule has 4 N–H and O–H groups in total. The largest absolute Gasteiger partial charge is 0.339 e. The number of nitrogens with zero attached hydrogens (tertiary/aromatic N) is 2. The van der Waals surface area contributed by atoms with Crippen LogP contribution in [0.2, 0.25) is 5.02 Å². The van der Waals surface area contributed by atoms with Crippen molar-refractivity contribution in [2.24, 2.45) is 0 Å². The summed E-state index contributed by atoms with van der Waals surface area (Å²) in [5.41, 5.74) is 4.77. The zero-order chi connectivity index (χ0) is 20.5. The van der Waals surface area contributed by atoms with Gasteiger partial charge in [0.25, 0.3) is 0 Å². The van der Waals surface area contributed by atoms with Gasteiger partial charge in [0.15, 0.2) is 5.82 Å². The smallest absolute Gasteiger partial charge is 0.319 e. The predicted octanol–water partition coefficient (Wildman–Crippen LogP) is 5.00. The Bertz CT molecular complexity index is 1110. The van der Waals surface area contributed by atoms with E-state index in [9.17, 15) is 4.79 Å². The summed E-state index contributed by atoms with van der Waals surface area (Å²) in [6.45, 7) is 0. The maximum atomic E-state index is 12.3. The maximum Gasteiger partial charge on any atom is 0.319 e. The Morgan fingerprint density at radius 3 is 2.80 bits per heavy atom. The molecule has 30 heavy (non-hydrogen) atoms. The van der Waals surface area contributed by atoms with Crippen molar-refractivity contribution in [1.82, 2.24) is 15.3 Å². The molecule has 0 spiro atoms. The highest BCUT2D eigenvalue weighted by Crippen LogP contribution is 2.29. The van der Waals surface area contributed by atoms with Crippen LogP contribution in [0.4, 0.5) is 33.6 Å².